The van der Waals surface area contributed by atoms with Crippen LogP contribution in [-0.4, -0.2) is 52.3 Å². The van der Waals surface area contributed by atoms with Crippen molar-refractivity contribution in [2.24, 2.45) is 0 Å². The number of carboxylic acid groups (broad SMARTS) is 1. The average molecular weight is 538 g/mol. The minimum atomic E-state index is -0.250. The number of para-hydroxylation sites is 2. The molecule has 1 radical (unpaired) electrons. The molecule has 0 atom stereocenters. The maximum Gasteiger partial charge on any atom is 0.392 e. The van der Waals surface area contributed by atoms with Crippen LogP contribution in [-0.2, 0) is 21.3 Å². The summed E-state index contributed by atoms with van der Waals surface area (Å²) in [5.74, 6) is 0. The Morgan fingerprint density at radius 2 is 0.970 bits per heavy atom. The molecule has 2 rings (SSSR count). The van der Waals surface area contributed by atoms with Crippen LogP contribution in [0.5, 0.6) is 0 Å². The molecule has 1 aliphatic heterocycles. The topological polar surface area (TPSA) is 43.8 Å². The van der Waals surface area contributed by atoms with Crippen molar-refractivity contribution in [2.45, 2.75) is 104 Å². The van der Waals surface area contributed by atoms with Gasteiger partial charge in [-0.1, -0.05) is 111 Å². The first kappa shape index (κ1) is 32.7. The molecule has 0 saturated heterocycles. The molecule has 1 heterocycles. The first-order chi connectivity index (χ1) is 14.3. The number of anilines is 2. The Bertz CT molecular complexity index is 665. The van der Waals surface area contributed by atoms with E-state index < -0.39 is 0 Å². The van der Waals surface area contributed by atoms with Gasteiger partial charge in [0.2, 0.25) is 0 Å². The summed E-state index contributed by atoms with van der Waals surface area (Å²) < 4.78 is 0. The predicted molar refractivity (Wildman–Crippen MR) is 148 cm³/mol. The Kier molecular flexibility index (Phi) is 12.0. The quantitative estimate of drug-likeness (QED) is 0.244. The molecular formula is C25H46BN2NiO2P2. The van der Waals surface area contributed by atoms with Crippen LogP contribution in [0.15, 0.2) is 24.3 Å². The number of hydrogen-bond donors (Lipinski definition) is 1. The number of hydrogen-bond acceptors (Lipinski definition) is 3. The summed E-state index contributed by atoms with van der Waals surface area (Å²) in [5, 5.41) is 8.20. The van der Waals surface area contributed by atoms with Crippen LogP contribution in [0.4, 0.5) is 11.4 Å². The molecule has 0 aromatic heterocycles. The normalized spacial score (nSPS) is 14.4. The van der Waals surface area contributed by atoms with Gasteiger partial charge >= 0.3 is 7.55 Å². The van der Waals surface area contributed by atoms with Crippen LogP contribution in [0.1, 0.15) is 83.1 Å². The molecule has 33 heavy (non-hydrogen) atoms. The van der Waals surface area contributed by atoms with E-state index in [0.717, 1.165) is 12.6 Å². The van der Waals surface area contributed by atoms with Crippen LogP contribution >= 0.6 is 15.8 Å². The number of nitrogens with zero attached hydrogens (tertiary/aromatic N) is 2. The van der Waals surface area contributed by atoms with Crippen LogP contribution in [0.3, 0.4) is 0 Å². The second kappa shape index (κ2) is 12.1. The molecule has 0 bridgehead atoms. The fourth-order valence-electron chi connectivity index (χ4n) is 4.63. The van der Waals surface area contributed by atoms with Gasteiger partial charge in [-0.3, -0.25) is 4.79 Å². The van der Waals surface area contributed by atoms with E-state index >= 15 is 0 Å². The Balaban J connectivity index is 0.00000242. The minimum Gasteiger partial charge on any atom is -0.483 e. The van der Waals surface area contributed by atoms with E-state index in [1.165, 1.54) is 11.4 Å². The fourth-order valence-corrected chi connectivity index (χ4v) is 11.4. The standard InChI is InChI=1S/C24H44BN2P2.CH2O2.Ni/c1-21(2,3)28(22(4,5)6)17-26-19-15-13-14-16-20(19)27(25-26)18-29(23(7,8)9)24(10,11)12;2-1-3;/h13-16H,17-18H2,1-12H3;1H,(H,2,3);. The summed E-state index contributed by atoms with van der Waals surface area (Å²) in [6.07, 6.45) is 2.25. The summed E-state index contributed by atoms with van der Waals surface area (Å²) in [4.78, 5) is 13.5. The number of benzene rings is 1. The molecule has 191 valence electrons. The fraction of sp³-hybridized carbons (Fsp3) is 0.720. The summed E-state index contributed by atoms with van der Waals surface area (Å²) >= 11 is 0. The van der Waals surface area contributed by atoms with Crippen molar-refractivity contribution in [3.8, 4) is 0 Å². The third-order valence-corrected chi connectivity index (χ3v) is 13.3. The van der Waals surface area contributed by atoms with Crippen molar-refractivity contribution in [3.05, 3.63) is 24.3 Å². The van der Waals surface area contributed by atoms with Crippen LogP contribution in [0, 0.1) is 0 Å². The molecule has 4 nitrogen and oxygen atoms in total. The number of carbonyl (C=O) groups is 1. The molecule has 0 amide bonds. The van der Waals surface area contributed by atoms with Crippen molar-refractivity contribution >= 4 is 41.2 Å². The number of rotatable bonds is 4. The van der Waals surface area contributed by atoms with Gasteiger partial charge in [-0.25, -0.2) is 0 Å². The summed E-state index contributed by atoms with van der Waals surface area (Å²) in [5.41, 5.74) is 2.76. The van der Waals surface area contributed by atoms with E-state index in [9.17, 15) is 0 Å². The Morgan fingerprint density at radius 3 is 1.18 bits per heavy atom. The molecule has 1 N–H and O–H groups in total. The summed E-state index contributed by atoms with van der Waals surface area (Å²) in [6, 6.07) is 8.99. The molecular weight excluding hydrogens is 492 g/mol. The summed E-state index contributed by atoms with van der Waals surface area (Å²) in [6.45, 7) is 28.8. The van der Waals surface area contributed by atoms with E-state index in [2.05, 4.69) is 125 Å². The largest absolute Gasteiger partial charge is 0.483 e. The Morgan fingerprint density at radius 1 is 0.727 bits per heavy atom. The van der Waals surface area contributed by atoms with E-state index in [-0.39, 0.29) is 38.8 Å². The molecule has 1 aliphatic rings. The van der Waals surface area contributed by atoms with Crippen molar-refractivity contribution in [2.75, 3.05) is 22.2 Å². The molecule has 0 unspecified atom stereocenters. The maximum atomic E-state index is 8.36. The zero-order chi connectivity index (χ0) is 25.1. The molecule has 1 aromatic carbocycles. The van der Waals surface area contributed by atoms with Gasteiger partial charge in [0.25, 0.3) is 6.47 Å². The molecule has 8 heteroatoms. The average Bonchev–Trinajstić information content (AvgIpc) is 2.92. The molecule has 0 aliphatic carbocycles. The predicted octanol–water partition coefficient (Wildman–Crippen LogP) is 7.62. The van der Waals surface area contributed by atoms with Crippen molar-refractivity contribution < 1.29 is 26.4 Å². The monoisotopic (exact) mass is 537 g/mol. The van der Waals surface area contributed by atoms with Gasteiger partial charge in [-0.15, -0.1) is 0 Å². The van der Waals surface area contributed by atoms with Gasteiger partial charge in [0, 0.05) is 40.4 Å². The zero-order valence-corrected chi connectivity index (χ0v) is 25.6. The zero-order valence-electron chi connectivity index (χ0n) is 22.8. The maximum absolute atomic E-state index is 8.36. The molecule has 1 aromatic rings. The van der Waals surface area contributed by atoms with E-state index in [1.807, 2.05) is 0 Å². The van der Waals surface area contributed by atoms with Gasteiger partial charge in [0.1, 0.15) is 0 Å². The van der Waals surface area contributed by atoms with Gasteiger partial charge in [-0.05, 0) is 32.8 Å². The second-order valence-electron chi connectivity index (χ2n) is 12.5. The Labute approximate surface area is 217 Å². The van der Waals surface area contributed by atoms with E-state index in [1.54, 1.807) is 0 Å². The first-order valence-corrected chi connectivity index (χ1v) is 14.5. The number of fused-ring (bicyclic) bond motifs is 1. The van der Waals surface area contributed by atoms with Gasteiger partial charge in [-0.2, -0.15) is 0 Å². The van der Waals surface area contributed by atoms with Crippen LogP contribution in [0.25, 0.3) is 0 Å². The molecule has 0 spiro atoms. The van der Waals surface area contributed by atoms with Crippen molar-refractivity contribution in [3.63, 3.8) is 0 Å². The van der Waals surface area contributed by atoms with E-state index in [0.29, 0.717) is 20.6 Å². The van der Waals surface area contributed by atoms with Gasteiger partial charge in [0.05, 0.1) is 0 Å². The van der Waals surface area contributed by atoms with E-state index in [4.69, 9.17) is 9.90 Å². The van der Waals surface area contributed by atoms with Gasteiger partial charge < -0.3 is 14.7 Å². The second-order valence-corrected chi connectivity index (χ2v) is 20.1. The van der Waals surface area contributed by atoms with Gasteiger partial charge in [0.15, 0.2) is 0 Å². The molecule has 0 fully saturated rings. The smallest absolute Gasteiger partial charge is 0.392 e. The third kappa shape index (κ3) is 9.35. The van der Waals surface area contributed by atoms with Crippen molar-refractivity contribution in [1.29, 1.82) is 0 Å². The third-order valence-electron chi connectivity index (χ3n) is 5.61. The minimum absolute atomic E-state index is 0. The van der Waals surface area contributed by atoms with Crippen LogP contribution in [0.2, 0.25) is 0 Å². The summed E-state index contributed by atoms with van der Waals surface area (Å²) in [7, 11) is 2.04. The first-order valence-electron chi connectivity index (χ1n) is 11.4. The Hall–Kier alpha value is -0.292. The van der Waals surface area contributed by atoms with Crippen LogP contribution < -0.4 is 9.62 Å². The molecule has 0 saturated carbocycles. The SMILES string of the molecule is CC(C)(C)P(CN1[B]N(CP(C(C)(C)C)C(C)(C)C)c2ccccc21)C(C)(C)C.O=CO.[Ni]. The van der Waals surface area contributed by atoms with Crippen molar-refractivity contribution in [1.82, 2.24) is 0 Å².